The summed E-state index contributed by atoms with van der Waals surface area (Å²) in [6.45, 7) is 7.94. The Labute approximate surface area is 145 Å². The molecule has 0 amide bonds. The first kappa shape index (κ1) is 16.1. The molecule has 0 atom stereocenters. The number of rotatable bonds is 2. The second-order valence-corrected chi connectivity index (χ2v) is 7.22. The zero-order chi connectivity index (χ0) is 17.8. The van der Waals surface area contributed by atoms with Gasteiger partial charge < -0.3 is 18.7 Å². The molecule has 2 aromatic heterocycles. The topological polar surface area (TPSA) is 77.4 Å². The first-order chi connectivity index (χ1) is 11.8. The fourth-order valence-corrected chi connectivity index (χ4v) is 2.77. The van der Waals surface area contributed by atoms with E-state index in [2.05, 4.69) is 9.97 Å². The van der Waals surface area contributed by atoms with Crippen molar-refractivity contribution >= 4 is 23.7 Å². The van der Waals surface area contributed by atoms with E-state index >= 15 is 0 Å². The van der Waals surface area contributed by atoms with Gasteiger partial charge in [-0.25, -0.2) is 4.98 Å². The maximum Gasteiger partial charge on any atom is 0.532 e. The molecule has 25 heavy (non-hydrogen) atoms. The molecule has 1 N–H and O–H groups in total. The molecular formula is C18H19BN2O4. The van der Waals surface area contributed by atoms with Crippen LogP contribution >= 0.6 is 0 Å². The Balaban J connectivity index is 1.70. The number of fused-ring (bicyclic) bond motifs is 1. The molecule has 1 aliphatic heterocycles. The van der Waals surface area contributed by atoms with Crippen molar-refractivity contribution in [3.05, 3.63) is 46.8 Å². The second-order valence-electron chi connectivity index (χ2n) is 7.22. The Morgan fingerprint density at radius 1 is 1.00 bits per heavy atom. The Hall–Kier alpha value is -2.38. The first-order valence-electron chi connectivity index (χ1n) is 8.22. The van der Waals surface area contributed by atoms with Gasteiger partial charge in [0.05, 0.1) is 22.1 Å². The summed E-state index contributed by atoms with van der Waals surface area (Å²) in [6.07, 6.45) is 0. The van der Waals surface area contributed by atoms with Gasteiger partial charge in [-0.1, -0.05) is 12.1 Å². The lowest BCUT2D eigenvalue weighted by atomic mass is 9.86. The van der Waals surface area contributed by atoms with Crippen LogP contribution in [0.1, 0.15) is 27.7 Å². The molecule has 3 aromatic rings. The van der Waals surface area contributed by atoms with E-state index < -0.39 is 18.3 Å². The molecule has 3 heterocycles. The third-order valence-corrected chi connectivity index (χ3v) is 4.96. The van der Waals surface area contributed by atoms with Crippen LogP contribution in [-0.4, -0.2) is 28.3 Å². The van der Waals surface area contributed by atoms with E-state index in [-0.39, 0.29) is 5.56 Å². The fraction of sp³-hybridized carbons (Fsp3) is 0.333. The van der Waals surface area contributed by atoms with Gasteiger partial charge in [-0.3, -0.25) is 4.79 Å². The van der Waals surface area contributed by atoms with Crippen LogP contribution in [0.5, 0.6) is 0 Å². The molecule has 1 aliphatic rings. The molecule has 0 aliphatic carbocycles. The van der Waals surface area contributed by atoms with Crippen LogP contribution in [0.25, 0.3) is 22.5 Å². The van der Waals surface area contributed by atoms with Gasteiger partial charge in [-0.2, -0.15) is 0 Å². The minimum atomic E-state index is -0.592. The number of benzene rings is 1. The number of nitrogens with zero attached hydrogens (tertiary/aromatic N) is 1. The van der Waals surface area contributed by atoms with Crippen LogP contribution in [0.4, 0.5) is 0 Å². The van der Waals surface area contributed by atoms with Crippen LogP contribution in [0, 0.1) is 0 Å². The normalized spacial score (nSPS) is 18.8. The molecule has 1 fully saturated rings. The maximum atomic E-state index is 12.2. The van der Waals surface area contributed by atoms with E-state index in [0.717, 1.165) is 0 Å². The highest BCUT2D eigenvalue weighted by Crippen LogP contribution is 2.36. The lowest BCUT2D eigenvalue weighted by Crippen LogP contribution is -2.41. The highest BCUT2D eigenvalue weighted by atomic mass is 16.7. The highest BCUT2D eigenvalue weighted by molar-refractivity contribution is 6.60. The molecule has 1 saturated heterocycles. The van der Waals surface area contributed by atoms with E-state index in [1.54, 1.807) is 24.3 Å². The molecule has 1 aromatic carbocycles. The van der Waals surface area contributed by atoms with Crippen molar-refractivity contribution in [1.29, 1.82) is 0 Å². The molecule has 0 radical (unpaired) electrons. The fourth-order valence-electron chi connectivity index (χ4n) is 2.77. The second kappa shape index (κ2) is 5.31. The number of aromatic amines is 1. The van der Waals surface area contributed by atoms with Crippen molar-refractivity contribution in [2.24, 2.45) is 0 Å². The molecule has 4 rings (SSSR count). The van der Waals surface area contributed by atoms with Crippen LogP contribution in [0.15, 0.2) is 45.6 Å². The maximum absolute atomic E-state index is 12.2. The predicted octanol–water partition coefficient (Wildman–Crippen LogP) is 2.48. The summed E-state index contributed by atoms with van der Waals surface area (Å²) < 4.78 is 17.8. The van der Waals surface area contributed by atoms with E-state index in [1.165, 1.54) is 0 Å². The quantitative estimate of drug-likeness (QED) is 0.727. The molecule has 6 nitrogen and oxygen atoms in total. The summed E-state index contributed by atoms with van der Waals surface area (Å²) in [4.78, 5) is 19.5. The van der Waals surface area contributed by atoms with Gasteiger partial charge in [-0.15, -0.1) is 0 Å². The van der Waals surface area contributed by atoms with E-state index in [4.69, 9.17) is 13.7 Å². The lowest BCUT2D eigenvalue weighted by molar-refractivity contribution is 0.00578. The van der Waals surface area contributed by atoms with E-state index in [1.807, 2.05) is 39.8 Å². The van der Waals surface area contributed by atoms with Crippen molar-refractivity contribution in [2.75, 3.05) is 0 Å². The molecule has 0 unspecified atom stereocenters. The summed E-state index contributed by atoms with van der Waals surface area (Å²) in [5, 5.41) is 0.545. The highest BCUT2D eigenvalue weighted by Gasteiger charge is 2.53. The minimum Gasteiger partial charge on any atom is -0.461 e. The van der Waals surface area contributed by atoms with E-state index in [9.17, 15) is 4.79 Å². The average Bonchev–Trinajstić information content (AvgIpc) is 3.11. The van der Waals surface area contributed by atoms with Crippen LogP contribution in [-0.2, 0) is 9.31 Å². The third kappa shape index (κ3) is 2.60. The Bertz CT molecular complexity index is 989. The summed E-state index contributed by atoms with van der Waals surface area (Å²) >= 11 is 0. The smallest absolute Gasteiger partial charge is 0.461 e. The van der Waals surface area contributed by atoms with Gasteiger partial charge in [0.1, 0.15) is 5.66 Å². The lowest BCUT2D eigenvalue weighted by Gasteiger charge is -2.32. The van der Waals surface area contributed by atoms with Crippen LogP contribution in [0.2, 0.25) is 0 Å². The van der Waals surface area contributed by atoms with Crippen molar-refractivity contribution < 1.29 is 13.7 Å². The van der Waals surface area contributed by atoms with Crippen molar-refractivity contribution in [2.45, 2.75) is 38.9 Å². The molecule has 128 valence electrons. The molecule has 0 saturated carbocycles. The van der Waals surface area contributed by atoms with Crippen molar-refractivity contribution in [3.8, 4) is 11.6 Å². The van der Waals surface area contributed by atoms with Gasteiger partial charge in [0.15, 0.2) is 11.6 Å². The van der Waals surface area contributed by atoms with Gasteiger partial charge in [0.25, 0.3) is 5.56 Å². The first-order valence-corrected chi connectivity index (χ1v) is 8.22. The number of hydrogen-bond donors (Lipinski definition) is 1. The summed E-state index contributed by atoms with van der Waals surface area (Å²) in [5.41, 5.74) is 0.0776. The average molecular weight is 338 g/mol. The number of aromatic nitrogens is 2. The summed E-state index contributed by atoms with van der Waals surface area (Å²) in [7, 11) is -0.592. The number of para-hydroxylation sites is 1. The standard InChI is InChI=1S/C18H19BN2O4/c1-17(2)18(3,4)25-19(24-17)14-10-9-13(23-14)15-20-12-8-6-5-7-11(12)16(22)21-15/h5-10H,1-4H3,(H,20,21,22). The van der Waals surface area contributed by atoms with Gasteiger partial charge in [0, 0.05) is 0 Å². The third-order valence-electron chi connectivity index (χ3n) is 4.96. The number of nitrogens with one attached hydrogen (secondary N) is 1. The Morgan fingerprint density at radius 3 is 2.40 bits per heavy atom. The molecular weight excluding hydrogens is 319 g/mol. The summed E-state index contributed by atoms with van der Waals surface area (Å²) in [5.74, 6) is 0.846. The van der Waals surface area contributed by atoms with Crippen molar-refractivity contribution in [1.82, 2.24) is 9.97 Å². The van der Waals surface area contributed by atoms with Gasteiger partial charge >= 0.3 is 7.12 Å². The summed E-state index contributed by atoms with van der Waals surface area (Å²) in [6, 6.07) is 10.7. The van der Waals surface area contributed by atoms with Gasteiger partial charge in [0.2, 0.25) is 0 Å². The molecule has 0 bridgehead atoms. The number of furan rings is 1. The van der Waals surface area contributed by atoms with Crippen molar-refractivity contribution in [3.63, 3.8) is 0 Å². The molecule has 0 spiro atoms. The number of H-pyrrole nitrogens is 1. The zero-order valence-corrected chi connectivity index (χ0v) is 14.6. The van der Waals surface area contributed by atoms with Crippen LogP contribution in [0.3, 0.4) is 0 Å². The zero-order valence-electron chi connectivity index (χ0n) is 14.6. The number of hydrogen-bond acceptors (Lipinski definition) is 5. The minimum absolute atomic E-state index is 0.200. The van der Waals surface area contributed by atoms with Gasteiger partial charge in [-0.05, 0) is 52.0 Å². The monoisotopic (exact) mass is 338 g/mol. The Morgan fingerprint density at radius 2 is 1.68 bits per heavy atom. The van der Waals surface area contributed by atoms with Crippen LogP contribution < -0.4 is 11.2 Å². The molecule has 7 heteroatoms. The SMILES string of the molecule is CC1(C)OB(c2ccc(-c3nc4ccccc4c(=O)[nH]3)o2)OC1(C)C. The van der Waals surface area contributed by atoms with E-state index in [0.29, 0.717) is 28.1 Å². The Kier molecular flexibility index (Phi) is 3.42. The largest absolute Gasteiger partial charge is 0.532 e. The predicted molar refractivity (Wildman–Crippen MR) is 95.8 cm³/mol.